The van der Waals surface area contributed by atoms with Gasteiger partial charge in [0.05, 0.1) is 5.92 Å². The number of carbonyl (C=O) groups is 1. The smallest absolute Gasteiger partial charge is 0.308 e. The van der Waals surface area contributed by atoms with Gasteiger partial charge in [0.2, 0.25) is 0 Å². The van der Waals surface area contributed by atoms with Crippen molar-refractivity contribution in [3.05, 3.63) is 22.7 Å². The zero-order chi connectivity index (χ0) is 13.8. The molecular weight excluding hydrogens is 246 g/mol. The molecule has 0 saturated heterocycles. The first-order valence-corrected chi connectivity index (χ1v) is 6.60. The molecule has 0 radical (unpaired) electrons. The number of aliphatic carboxylic acids is 1. The molecule has 1 aliphatic carbocycles. The Hall–Kier alpha value is -1.85. The molecule has 19 heavy (non-hydrogen) atoms. The van der Waals surface area contributed by atoms with E-state index in [1.54, 1.807) is 13.2 Å². The summed E-state index contributed by atoms with van der Waals surface area (Å²) in [5, 5.41) is 12.3. The van der Waals surface area contributed by atoms with E-state index in [4.69, 9.17) is 0 Å². The van der Waals surface area contributed by atoms with Crippen molar-refractivity contribution < 1.29 is 9.90 Å². The number of aryl methyl sites for hydroxylation is 1. The largest absolute Gasteiger partial charge is 0.481 e. The third-order valence-corrected chi connectivity index (χ3v) is 3.67. The summed E-state index contributed by atoms with van der Waals surface area (Å²) in [6.45, 7) is 0. The number of nitrogens with zero attached hydrogens (tertiary/aromatic N) is 2. The molecule has 104 valence electrons. The molecular formula is C13H19N3O3. The minimum Gasteiger partial charge on any atom is -0.481 e. The fraction of sp³-hybridized carbons (Fsp3) is 0.615. The fourth-order valence-corrected chi connectivity index (χ4v) is 2.55. The van der Waals surface area contributed by atoms with E-state index in [-0.39, 0.29) is 17.4 Å². The summed E-state index contributed by atoms with van der Waals surface area (Å²) in [5.41, 5.74) is -0.226. The first kappa shape index (κ1) is 13.6. The molecule has 2 unspecified atom stereocenters. The third kappa shape index (κ3) is 3.13. The summed E-state index contributed by atoms with van der Waals surface area (Å²) in [4.78, 5) is 27.2. The van der Waals surface area contributed by atoms with E-state index >= 15 is 0 Å². The molecule has 6 nitrogen and oxygen atoms in total. The Morgan fingerprint density at radius 3 is 2.89 bits per heavy atom. The second-order valence-electron chi connectivity index (χ2n) is 5.03. The first-order valence-electron chi connectivity index (χ1n) is 6.60. The Balaban J connectivity index is 2.21. The van der Waals surface area contributed by atoms with Gasteiger partial charge in [-0.1, -0.05) is 19.3 Å². The van der Waals surface area contributed by atoms with Crippen LogP contribution in [0.1, 0.15) is 32.1 Å². The van der Waals surface area contributed by atoms with E-state index in [9.17, 15) is 14.7 Å². The van der Waals surface area contributed by atoms with Crippen molar-refractivity contribution in [2.45, 2.75) is 38.1 Å². The van der Waals surface area contributed by atoms with Crippen LogP contribution in [0.3, 0.4) is 0 Å². The SMILES string of the molecule is Cn1ccnc(NC2CCCCCC2C(=O)O)c1=O. The number of carboxylic acids is 1. The predicted molar refractivity (Wildman–Crippen MR) is 71.1 cm³/mol. The molecule has 1 saturated carbocycles. The van der Waals surface area contributed by atoms with Gasteiger partial charge in [-0.2, -0.15) is 0 Å². The molecule has 1 aromatic heterocycles. The lowest BCUT2D eigenvalue weighted by molar-refractivity contribution is -0.142. The summed E-state index contributed by atoms with van der Waals surface area (Å²) < 4.78 is 1.43. The topological polar surface area (TPSA) is 84.2 Å². The molecule has 2 atom stereocenters. The van der Waals surface area contributed by atoms with Crippen molar-refractivity contribution in [1.29, 1.82) is 0 Å². The number of hydrogen-bond acceptors (Lipinski definition) is 4. The van der Waals surface area contributed by atoms with Crippen LogP contribution in [0, 0.1) is 5.92 Å². The van der Waals surface area contributed by atoms with Crippen LogP contribution < -0.4 is 10.9 Å². The maximum atomic E-state index is 11.9. The molecule has 1 aliphatic rings. The molecule has 2 N–H and O–H groups in total. The highest BCUT2D eigenvalue weighted by atomic mass is 16.4. The van der Waals surface area contributed by atoms with Crippen LogP contribution in [-0.4, -0.2) is 26.7 Å². The Kier molecular flexibility index (Phi) is 4.19. The lowest BCUT2D eigenvalue weighted by Crippen LogP contribution is -2.36. The molecule has 0 aromatic carbocycles. The van der Waals surface area contributed by atoms with Crippen LogP contribution in [0.4, 0.5) is 5.82 Å². The summed E-state index contributed by atoms with van der Waals surface area (Å²) in [7, 11) is 1.65. The number of aromatic nitrogens is 2. The van der Waals surface area contributed by atoms with E-state index in [0.717, 1.165) is 25.7 Å². The van der Waals surface area contributed by atoms with Crippen molar-refractivity contribution in [1.82, 2.24) is 9.55 Å². The second kappa shape index (κ2) is 5.86. The van der Waals surface area contributed by atoms with Crippen LogP contribution >= 0.6 is 0 Å². The summed E-state index contributed by atoms with van der Waals surface area (Å²) >= 11 is 0. The molecule has 6 heteroatoms. The van der Waals surface area contributed by atoms with E-state index in [1.165, 1.54) is 10.8 Å². The highest BCUT2D eigenvalue weighted by Crippen LogP contribution is 2.25. The Bertz CT molecular complexity index is 512. The van der Waals surface area contributed by atoms with Crippen LogP contribution in [0.2, 0.25) is 0 Å². The fourth-order valence-electron chi connectivity index (χ4n) is 2.55. The Labute approximate surface area is 111 Å². The van der Waals surface area contributed by atoms with E-state index in [0.29, 0.717) is 6.42 Å². The first-order chi connectivity index (χ1) is 9.09. The number of carboxylic acid groups (broad SMARTS) is 1. The maximum absolute atomic E-state index is 11.9. The molecule has 0 amide bonds. The number of nitrogens with one attached hydrogen (secondary N) is 1. The minimum atomic E-state index is -0.799. The number of anilines is 1. The van der Waals surface area contributed by atoms with Gasteiger partial charge in [0.1, 0.15) is 0 Å². The molecule has 1 aromatic rings. The summed E-state index contributed by atoms with van der Waals surface area (Å²) in [5.74, 6) is -1.01. The van der Waals surface area contributed by atoms with Crippen LogP contribution in [0.15, 0.2) is 17.2 Å². The van der Waals surface area contributed by atoms with Crippen LogP contribution in [0.25, 0.3) is 0 Å². The molecule has 0 bridgehead atoms. The highest BCUT2D eigenvalue weighted by Gasteiger charge is 2.30. The zero-order valence-corrected chi connectivity index (χ0v) is 11.0. The van der Waals surface area contributed by atoms with E-state index in [2.05, 4.69) is 10.3 Å². The molecule has 2 rings (SSSR count). The molecule has 1 heterocycles. The Morgan fingerprint density at radius 2 is 2.16 bits per heavy atom. The Morgan fingerprint density at radius 1 is 1.42 bits per heavy atom. The summed E-state index contributed by atoms with van der Waals surface area (Å²) in [6.07, 6.45) is 7.48. The van der Waals surface area contributed by atoms with Crippen molar-refractivity contribution in [3.8, 4) is 0 Å². The maximum Gasteiger partial charge on any atom is 0.308 e. The highest BCUT2D eigenvalue weighted by molar-refractivity contribution is 5.71. The quantitative estimate of drug-likeness (QED) is 0.803. The molecule has 0 spiro atoms. The van der Waals surface area contributed by atoms with E-state index in [1.807, 2.05) is 0 Å². The lowest BCUT2D eigenvalue weighted by atomic mass is 9.95. The lowest BCUT2D eigenvalue weighted by Gasteiger charge is -2.23. The predicted octanol–water partition coefficient (Wildman–Crippen LogP) is 1.23. The van der Waals surface area contributed by atoms with Crippen molar-refractivity contribution in [2.75, 3.05) is 5.32 Å². The summed E-state index contributed by atoms with van der Waals surface area (Å²) in [6, 6.07) is -0.220. The van der Waals surface area contributed by atoms with Gasteiger partial charge in [0.15, 0.2) is 5.82 Å². The average molecular weight is 265 g/mol. The molecule has 0 aliphatic heterocycles. The van der Waals surface area contributed by atoms with Gasteiger partial charge in [-0.25, -0.2) is 4.98 Å². The van der Waals surface area contributed by atoms with Crippen molar-refractivity contribution >= 4 is 11.8 Å². The number of hydrogen-bond donors (Lipinski definition) is 2. The minimum absolute atomic E-state index is 0.220. The normalized spacial score (nSPS) is 23.6. The standard InChI is InChI=1S/C13H19N3O3/c1-16-8-7-14-11(12(16)17)15-10-6-4-2-3-5-9(10)13(18)19/h7-10H,2-6H2,1H3,(H,14,15)(H,18,19). The second-order valence-corrected chi connectivity index (χ2v) is 5.03. The van der Waals surface area contributed by atoms with Crippen molar-refractivity contribution in [2.24, 2.45) is 13.0 Å². The van der Waals surface area contributed by atoms with Crippen LogP contribution in [-0.2, 0) is 11.8 Å². The van der Waals surface area contributed by atoms with Gasteiger partial charge >= 0.3 is 5.97 Å². The van der Waals surface area contributed by atoms with Gasteiger partial charge in [-0.15, -0.1) is 0 Å². The number of rotatable bonds is 3. The van der Waals surface area contributed by atoms with E-state index < -0.39 is 11.9 Å². The van der Waals surface area contributed by atoms with Crippen LogP contribution in [0.5, 0.6) is 0 Å². The monoisotopic (exact) mass is 265 g/mol. The van der Waals surface area contributed by atoms with Gasteiger partial charge in [0.25, 0.3) is 5.56 Å². The van der Waals surface area contributed by atoms with Gasteiger partial charge in [-0.05, 0) is 12.8 Å². The van der Waals surface area contributed by atoms with Gasteiger partial charge in [0, 0.05) is 25.5 Å². The third-order valence-electron chi connectivity index (χ3n) is 3.67. The average Bonchev–Trinajstić information content (AvgIpc) is 2.60. The van der Waals surface area contributed by atoms with Gasteiger partial charge in [-0.3, -0.25) is 9.59 Å². The van der Waals surface area contributed by atoms with Crippen molar-refractivity contribution in [3.63, 3.8) is 0 Å². The zero-order valence-electron chi connectivity index (χ0n) is 11.0. The van der Waals surface area contributed by atoms with Gasteiger partial charge < -0.3 is 15.0 Å². The molecule has 1 fully saturated rings.